The van der Waals surface area contributed by atoms with E-state index in [-0.39, 0.29) is 5.60 Å². The van der Waals surface area contributed by atoms with Gasteiger partial charge in [-0.3, -0.25) is 0 Å². The molecule has 0 bridgehead atoms. The third-order valence-corrected chi connectivity index (χ3v) is 3.85. The lowest BCUT2D eigenvalue weighted by Crippen LogP contribution is -2.42. The first-order valence-corrected chi connectivity index (χ1v) is 7.84. The van der Waals surface area contributed by atoms with E-state index in [0.29, 0.717) is 0 Å². The lowest BCUT2D eigenvalue weighted by Gasteiger charge is -2.30. The van der Waals surface area contributed by atoms with Crippen LogP contribution in [-0.2, 0) is 0 Å². The van der Waals surface area contributed by atoms with Crippen molar-refractivity contribution in [3.05, 3.63) is 36.0 Å². The minimum atomic E-state index is -0.213. The maximum atomic E-state index is 6.34. The van der Waals surface area contributed by atoms with Crippen molar-refractivity contribution >= 4 is 10.9 Å². The molecule has 3 nitrogen and oxygen atoms in total. The van der Waals surface area contributed by atoms with Gasteiger partial charge in [0.1, 0.15) is 16.9 Å². The Morgan fingerprint density at radius 2 is 2.00 bits per heavy atom. The van der Waals surface area contributed by atoms with E-state index in [1.54, 1.807) is 0 Å². The van der Waals surface area contributed by atoms with Crippen LogP contribution >= 0.6 is 0 Å². The first kappa shape index (κ1) is 15.8. The minimum Gasteiger partial charge on any atom is -0.484 e. The number of pyridine rings is 1. The van der Waals surface area contributed by atoms with Crippen molar-refractivity contribution in [2.45, 2.75) is 46.1 Å². The van der Waals surface area contributed by atoms with Gasteiger partial charge in [0.2, 0.25) is 0 Å². The Morgan fingerprint density at radius 1 is 1.19 bits per heavy atom. The van der Waals surface area contributed by atoms with Crippen LogP contribution in [0, 0.1) is 6.92 Å². The predicted octanol–water partition coefficient (Wildman–Crippen LogP) is 4.09. The van der Waals surface area contributed by atoms with Crippen LogP contribution in [0.5, 0.6) is 5.75 Å². The maximum absolute atomic E-state index is 6.34. The van der Waals surface area contributed by atoms with Crippen LogP contribution in [-0.4, -0.2) is 23.7 Å². The SMILES string of the molecule is CCCNCC(C)(CC)Oc1cccc2ccc(C)nc12. The molecule has 0 amide bonds. The molecule has 1 unspecified atom stereocenters. The first-order valence-electron chi connectivity index (χ1n) is 7.84. The number of rotatable bonds is 7. The van der Waals surface area contributed by atoms with Crippen molar-refractivity contribution in [1.29, 1.82) is 0 Å². The van der Waals surface area contributed by atoms with Gasteiger partial charge in [-0.15, -0.1) is 0 Å². The fourth-order valence-corrected chi connectivity index (χ4v) is 2.33. The van der Waals surface area contributed by atoms with Gasteiger partial charge in [0.15, 0.2) is 0 Å². The van der Waals surface area contributed by atoms with Crippen LogP contribution in [0.25, 0.3) is 10.9 Å². The summed E-state index contributed by atoms with van der Waals surface area (Å²) in [5.41, 5.74) is 1.75. The molecule has 0 aliphatic carbocycles. The highest BCUT2D eigenvalue weighted by atomic mass is 16.5. The summed E-state index contributed by atoms with van der Waals surface area (Å²) in [6.07, 6.45) is 2.08. The number of fused-ring (bicyclic) bond motifs is 1. The van der Waals surface area contributed by atoms with Crippen molar-refractivity contribution in [2.24, 2.45) is 0 Å². The zero-order valence-electron chi connectivity index (χ0n) is 13.6. The molecule has 0 fully saturated rings. The molecule has 2 aromatic rings. The van der Waals surface area contributed by atoms with E-state index in [1.807, 2.05) is 25.1 Å². The van der Waals surface area contributed by atoms with Gasteiger partial charge < -0.3 is 10.1 Å². The molecule has 0 saturated carbocycles. The van der Waals surface area contributed by atoms with Crippen molar-refractivity contribution in [3.8, 4) is 5.75 Å². The summed E-state index contributed by atoms with van der Waals surface area (Å²) in [6, 6.07) is 10.3. The Bertz CT molecular complexity index is 597. The molecule has 0 aliphatic heterocycles. The minimum absolute atomic E-state index is 0.213. The predicted molar refractivity (Wildman–Crippen MR) is 89.0 cm³/mol. The monoisotopic (exact) mass is 286 g/mol. The van der Waals surface area contributed by atoms with Gasteiger partial charge in [-0.05, 0) is 45.4 Å². The summed E-state index contributed by atoms with van der Waals surface area (Å²) in [5, 5.41) is 4.58. The van der Waals surface area contributed by atoms with Crippen LogP contribution in [0.3, 0.4) is 0 Å². The molecule has 1 heterocycles. The summed E-state index contributed by atoms with van der Waals surface area (Å²) in [6.45, 7) is 10.4. The summed E-state index contributed by atoms with van der Waals surface area (Å²) >= 11 is 0. The van der Waals surface area contributed by atoms with Gasteiger partial charge in [-0.1, -0.05) is 32.0 Å². The summed E-state index contributed by atoms with van der Waals surface area (Å²) in [4.78, 5) is 4.65. The Balaban J connectivity index is 2.26. The fraction of sp³-hybridized carbons (Fsp3) is 0.500. The molecule has 1 aromatic carbocycles. The number of hydrogen-bond acceptors (Lipinski definition) is 3. The van der Waals surface area contributed by atoms with E-state index < -0.39 is 0 Å². The van der Waals surface area contributed by atoms with Crippen LogP contribution in [0.1, 0.15) is 39.3 Å². The van der Waals surface area contributed by atoms with E-state index in [2.05, 4.69) is 43.2 Å². The average molecular weight is 286 g/mol. The summed E-state index contributed by atoms with van der Waals surface area (Å²) in [7, 11) is 0. The lowest BCUT2D eigenvalue weighted by atomic mass is 10.0. The zero-order valence-corrected chi connectivity index (χ0v) is 13.6. The molecule has 1 N–H and O–H groups in total. The van der Waals surface area contributed by atoms with Crippen LogP contribution in [0.15, 0.2) is 30.3 Å². The lowest BCUT2D eigenvalue weighted by molar-refractivity contribution is 0.0853. The maximum Gasteiger partial charge on any atom is 0.146 e. The van der Waals surface area contributed by atoms with Gasteiger partial charge in [-0.2, -0.15) is 0 Å². The van der Waals surface area contributed by atoms with Gasteiger partial charge in [0.25, 0.3) is 0 Å². The van der Waals surface area contributed by atoms with E-state index in [4.69, 9.17) is 4.74 Å². The Kier molecular flexibility index (Phi) is 5.18. The molecule has 1 aromatic heterocycles. The van der Waals surface area contributed by atoms with E-state index >= 15 is 0 Å². The second-order valence-electron chi connectivity index (χ2n) is 5.86. The second-order valence-corrected chi connectivity index (χ2v) is 5.86. The molecule has 0 aliphatic rings. The van der Waals surface area contributed by atoms with Crippen molar-refractivity contribution in [3.63, 3.8) is 0 Å². The van der Waals surface area contributed by atoms with Crippen molar-refractivity contribution in [2.75, 3.05) is 13.1 Å². The van der Waals surface area contributed by atoms with E-state index in [1.165, 1.54) is 0 Å². The van der Waals surface area contributed by atoms with Crippen molar-refractivity contribution in [1.82, 2.24) is 10.3 Å². The largest absolute Gasteiger partial charge is 0.484 e. The third-order valence-electron chi connectivity index (χ3n) is 3.85. The molecule has 114 valence electrons. The number of aromatic nitrogens is 1. The summed E-state index contributed by atoms with van der Waals surface area (Å²) in [5.74, 6) is 0.874. The molecule has 3 heteroatoms. The number of ether oxygens (including phenoxy) is 1. The topological polar surface area (TPSA) is 34.1 Å². The van der Waals surface area contributed by atoms with E-state index in [0.717, 1.165) is 48.3 Å². The molecular formula is C18H26N2O. The van der Waals surface area contributed by atoms with Crippen LogP contribution < -0.4 is 10.1 Å². The van der Waals surface area contributed by atoms with Gasteiger partial charge in [-0.25, -0.2) is 4.98 Å². The van der Waals surface area contributed by atoms with E-state index in [9.17, 15) is 0 Å². The molecule has 0 radical (unpaired) electrons. The molecule has 0 spiro atoms. The number of aryl methyl sites for hydroxylation is 1. The standard InChI is InChI=1S/C18H26N2O/c1-5-12-19-13-18(4,6-2)21-16-9-7-8-15-11-10-14(3)20-17(15)16/h7-11,19H,5-6,12-13H2,1-4H3. The molecule has 1 atom stereocenters. The number of nitrogens with one attached hydrogen (secondary N) is 1. The highest BCUT2D eigenvalue weighted by Crippen LogP contribution is 2.28. The molecule has 2 rings (SSSR count). The number of nitrogens with zero attached hydrogens (tertiary/aromatic N) is 1. The molecular weight excluding hydrogens is 260 g/mol. The zero-order chi connectivity index (χ0) is 15.3. The molecule has 0 saturated heterocycles. The van der Waals surface area contributed by atoms with Crippen LogP contribution in [0.4, 0.5) is 0 Å². The second kappa shape index (κ2) is 6.90. The van der Waals surface area contributed by atoms with Gasteiger partial charge >= 0.3 is 0 Å². The number of hydrogen-bond donors (Lipinski definition) is 1. The van der Waals surface area contributed by atoms with Gasteiger partial charge in [0.05, 0.1) is 0 Å². The Morgan fingerprint density at radius 3 is 2.71 bits per heavy atom. The smallest absolute Gasteiger partial charge is 0.146 e. The normalized spacial score (nSPS) is 14.1. The fourth-order valence-electron chi connectivity index (χ4n) is 2.33. The van der Waals surface area contributed by atoms with Crippen molar-refractivity contribution < 1.29 is 4.74 Å². The Labute approximate surface area is 127 Å². The average Bonchev–Trinajstić information content (AvgIpc) is 2.48. The number of para-hydroxylation sites is 1. The highest BCUT2D eigenvalue weighted by Gasteiger charge is 2.24. The molecule has 21 heavy (non-hydrogen) atoms. The first-order chi connectivity index (χ1) is 10.1. The van der Waals surface area contributed by atoms with Crippen LogP contribution in [0.2, 0.25) is 0 Å². The summed E-state index contributed by atoms with van der Waals surface area (Å²) < 4.78 is 6.34. The quantitative estimate of drug-likeness (QED) is 0.778. The number of benzene rings is 1. The van der Waals surface area contributed by atoms with Gasteiger partial charge in [0, 0.05) is 17.6 Å². The Hall–Kier alpha value is -1.61. The third kappa shape index (κ3) is 3.94. The highest BCUT2D eigenvalue weighted by molar-refractivity contribution is 5.84.